The smallest absolute Gasteiger partial charge is 0.244 e. The number of hydrogen-bond acceptors (Lipinski definition) is 3. The van der Waals surface area contributed by atoms with Crippen molar-refractivity contribution in [2.75, 3.05) is 19.6 Å². The molecule has 0 spiro atoms. The zero-order valence-corrected chi connectivity index (χ0v) is 13.8. The average Bonchev–Trinajstić information content (AvgIpc) is 2.45. The van der Waals surface area contributed by atoms with Crippen molar-refractivity contribution in [2.24, 2.45) is 5.73 Å². The third kappa shape index (κ3) is 4.57. The van der Waals surface area contributed by atoms with Crippen LogP contribution >= 0.6 is 0 Å². The van der Waals surface area contributed by atoms with E-state index in [1.165, 1.54) is 4.31 Å². The van der Waals surface area contributed by atoms with Crippen molar-refractivity contribution in [3.8, 4) is 11.8 Å². The number of unbranched alkanes of at least 4 members (excludes halogenated alkanes) is 1. The number of nitrogens with zero attached hydrogens (tertiary/aromatic N) is 1. The number of aryl methyl sites for hydroxylation is 1. The Morgan fingerprint density at radius 3 is 2.57 bits per heavy atom. The van der Waals surface area contributed by atoms with Crippen molar-refractivity contribution >= 4 is 10.0 Å². The van der Waals surface area contributed by atoms with E-state index in [2.05, 4.69) is 11.8 Å². The summed E-state index contributed by atoms with van der Waals surface area (Å²) in [4.78, 5) is 0.270. The highest BCUT2D eigenvalue weighted by atomic mass is 32.2. The van der Waals surface area contributed by atoms with Crippen LogP contribution in [0.3, 0.4) is 0 Å². The summed E-state index contributed by atoms with van der Waals surface area (Å²) in [5.74, 6) is 5.61. The Morgan fingerprint density at radius 2 is 2.00 bits per heavy atom. The van der Waals surface area contributed by atoms with E-state index in [1.807, 2.05) is 20.8 Å². The van der Waals surface area contributed by atoms with E-state index < -0.39 is 10.0 Å². The third-order valence-corrected chi connectivity index (χ3v) is 5.22. The van der Waals surface area contributed by atoms with Crippen molar-refractivity contribution in [1.82, 2.24) is 4.31 Å². The highest BCUT2D eigenvalue weighted by molar-refractivity contribution is 7.89. The summed E-state index contributed by atoms with van der Waals surface area (Å²) >= 11 is 0. The van der Waals surface area contributed by atoms with Crippen molar-refractivity contribution in [2.45, 2.75) is 38.5 Å². The highest BCUT2D eigenvalue weighted by Gasteiger charge is 2.24. The fourth-order valence-corrected chi connectivity index (χ4v) is 3.65. The van der Waals surface area contributed by atoms with Crippen molar-refractivity contribution in [3.05, 3.63) is 29.3 Å². The molecule has 21 heavy (non-hydrogen) atoms. The fourth-order valence-electron chi connectivity index (χ4n) is 2.03. The molecule has 0 amide bonds. The molecule has 0 bridgehead atoms. The van der Waals surface area contributed by atoms with E-state index in [4.69, 9.17) is 5.73 Å². The number of benzene rings is 1. The molecule has 4 nitrogen and oxygen atoms in total. The monoisotopic (exact) mass is 308 g/mol. The van der Waals surface area contributed by atoms with Crippen LogP contribution in [0.5, 0.6) is 0 Å². The number of hydrogen-bond donors (Lipinski definition) is 1. The minimum atomic E-state index is -3.51. The van der Waals surface area contributed by atoms with Gasteiger partial charge in [0.05, 0.1) is 11.4 Å². The normalized spacial score (nSPS) is 11.3. The topological polar surface area (TPSA) is 63.4 Å². The minimum Gasteiger partial charge on any atom is -0.320 e. The Morgan fingerprint density at radius 1 is 1.29 bits per heavy atom. The van der Waals surface area contributed by atoms with Gasteiger partial charge in [0, 0.05) is 18.7 Å². The van der Waals surface area contributed by atoms with Crippen LogP contribution in [0.2, 0.25) is 0 Å². The molecule has 2 N–H and O–H groups in total. The van der Waals surface area contributed by atoms with Gasteiger partial charge in [0.2, 0.25) is 10.0 Å². The van der Waals surface area contributed by atoms with Gasteiger partial charge in [0.15, 0.2) is 0 Å². The maximum Gasteiger partial charge on any atom is 0.244 e. The third-order valence-electron chi connectivity index (χ3n) is 3.19. The lowest BCUT2D eigenvalue weighted by molar-refractivity contribution is 0.419. The van der Waals surface area contributed by atoms with E-state index in [-0.39, 0.29) is 11.4 Å². The second-order valence-electron chi connectivity index (χ2n) is 4.86. The van der Waals surface area contributed by atoms with Crippen LogP contribution in [0.15, 0.2) is 23.1 Å². The summed E-state index contributed by atoms with van der Waals surface area (Å²) in [7, 11) is -3.51. The SMILES string of the molecule is CCCCN(CC)S(=O)(=O)c1ccc(C)cc1C#CCN. The fraction of sp³-hybridized carbons (Fsp3) is 0.500. The van der Waals surface area contributed by atoms with Crippen LogP contribution in [-0.2, 0) is 10.0 Å². The Hall–Kier alpha value is -1.35. The summed E-state index contributed by atoms with van der Waals surface area (Å²) in [6, 6.07) is 5.23. The molecule has 0 unspecified atom stereocenters. The second-order valence-corrected chi connectivity index (χ2v) is 6.76. The molecular formula is C16H24N2O2S. The first-order valence-electron chi connectivity index (χ1n) is 7.27. The maximum absolute atomic E-state index is 12.8. The Balaban J connectivity index is 3.29. The van der Waals surface area contributed by atoms with Crippen molar-refractivity contribution in [1.29, 1.82) is 0 Å². The summed E-state index contributed by atoms with van der Waals surface area (Å²) < 4.78 is 27.1. The molecule has 5 heteroatoms. The molecule has 0 heterocycles. The van der Waals surface area contributed by atoms with E-state index in [9.17, 15) is 8.42 Å². The summed E-state index contributed by atoms with van der Waals surface area (Å²) in [5.41, 5.74) is 6.89. The molecule has 0 aliphatic carbocycles. The summed E-state index contributed by atoms with van der Waals surface area (Å²) in [6.45, 7) is 7.02. The quantitative estimate of drug-likeness (QED) is 0.819. The minimum absolute atomic E-state index is 0.209. The molecular weight excluding hydrogens is 284 g/mol. The predicted molar refractivity (Wildman–Crippen MR) is 86.5 cm³/mol. The summed E-state index contributed by atoms with van der Waals surface area (Å²) in [5, 5.41) is 0. The van der Waals surface area contributed by atoms with E-state index in [1.54, 1.807) is 18.2 Å². The molecule has 0 radical (unpaired) electrons. The van der Waals surface area contributed by atoms with Gasteiger partial charge in [-0.25, -0.2) is 8.42 Å². The van der Waals surface area contributed by atoms with Crippen molar-refractivity contribution in [3.63, 3.8) is 0 Å². The van der Waals surface area contributed by atoms with Gasteiger partial charge in [-0.1, -0.05) is 38.2 Å². The van der Waals surface area contributed by atoms with Crippen LogP contribution in [-0.4, -0.2) is 32.4 Å². The van der Waals surface area contributed by atoms with Crippen LogP contribution in [0, 0.1) is 18.8 Å². The number of nitrogens with two attached hydrogens (primary N) is 1. The molecule has 0 aliphatic heterocycles. The standard InChI is InChI=1S/C16H24N2O2S/c1-4-6-12-18(5-2)21(19,20)16-10-9-14(3)13-15(16)8-7-11-17/h9-10,13H,4-6,11-12,17H2,1-3H3. The molecule has 116 valence electrons. The van der Waals surface area contributed by atoms with E-state index in [0.29, 0.717) is 18.7 Å². The first kappa shape index (κ1) is 17.7. The van der Waals surface area contributed by atoms with Crippen LogP contribution in [0.25, 0.3) is 0 Å². The second kappa shape index (κ2) is 8.18. The molecule has 1 aromatic rings. The maximum atomic E-state index is 12.8. The van der Waals surface area contributed by atoms with Crippen molar-refractivity contribution < 1.29 is 8.42 Å². The first-order valence-corrected chi connectivity index (χ1v) is 8.71. The lowest BCUT2D eigenvalue weighted by atomic mass is 10.1. The lowest BCUT2D eigenvalue weighted by Gasteiger charge is -2.21. The van der Waals surface area contributed by atoms with Crippen LogP contribution in [0.4, 0.5) is 0 Å². The Labute approximate surface area is 128 Å². The molecule has 1 aromatic carbocycles. The highest BCUT2D eigenvalue weighted by Crippen LogP contribution is 2.21. The molecule has 0 saturated carbocycles. The molecule has 0 aliphatic rings. The molecule has 1 rings (SSSR count). The Kier molecular flexibility index (Phi) is 6.90. The van der Waals surface area contributed by atoms with E-state index >= 15 is 0 Å². The van der Waals surface area contributed by atoms with Gasteiger partial charge in [-0.15, -0.1) is 0 Å². The van der Waals surface area contributed by atoms with Gasteiger partial charge in [-0.3, -0.25) is 0 Å². The van der Waals surface area contributed by atoms with Gasteiger partial charge < -0.3 is 5.73 Å². The van der Waals surface area contributed by atoms with Gasteiger partial charge in [-0.2, -0.15) is 4.31 Å². The predicted octanol–water partition coefficient (Wildman–Crippen LogP) is 2.12. The largest absolute Gasteiger partial charge is 0.320 e. The Bertz CT molecular complexity index is 627. The van der Waals surface area contributed by atoms with E-state index in [0.717, 1.165) is 18.4 Å². The number of rotatable bonds is 6. The molecule has 0 atom stereocenters. The van der Waals surface area contributed by atoms with Crippen LogP contribution < -0.4 is 5.73 Å². The van der Waals surface area contributed by atoms with Gasteiger partial charge >= 0.3 is 0 Å². The molecule has 0 fully saturated rings. The van der Waals surface area contributed by atoms with Gasteiger partial charge in [0.25, 0.3) is 0 Å². The van der Waals surface area contributed by atoms with Crippen LogP contribution in [0.1, 0.15) is 37.8 Å². The zero-order chi connectivity index (χ0) is 15.9. The number of sulfonamides is 1. The molecule has 0 saturated heterocycles. The zero-order valence-electron chi connectivity index (χ0n) is 13.0. The molecule has 0 aromatic heterocycles. The first-order chi connectivity index (χ1) is 9.97. The van der Waals surface area contributed by atoms with Gasteiger partial charge in [0.1, 0.15) is 0 Å². The van der Waals surface area contributed by atoms with Gasteiger partial charge in [-0.05, 0) is 31.0 Å². The summed E-state index contributed by atoms with van der Waals surface area (Å²) in [6.07, 6.45) is 1.81. The average molecular weight is 308 g/mol. The lowest BCUT2D eigenvalue weighted by Crippen LogP contribution is -2.32.